The number of carbonyl (C=O) groups is 1. The Morgan fingerprint density at radius 3 is 2.82 bits per heavy atom. The highest BCUT2D eigenvalue weighted by Crippen LogP contribution is 2.13. The SMILES string of the molecule is CCOC(=O)C(Cc1cccc(Cl)c1)[N+](=O)[O-]. The summed E-state index contributed by atoms with van der Waals surface area (Å²) in [5, 5.41) is 11.3. The first-order valence-corrected chi connectivity index (χ1v) is 5.47. The lowest BCUT2D eigenvalue weighted by Gasteiger charge is -2.08. The molecule has 0 heterocycles. The summed E-state index contributed by atoms with van der Waals surface area (Å²) in [6.45, 7) is 1.73. The fourth-order valence-corrected chi connectivity index (χ4v) is 1.58. The van der Waals surface area contributed by atoms with Crippen LogP contribution < -0.4 is 0 Å². The predicted molar refractivity (Wildman–Crippen MR) is 62.6 cm³/mol. The van der Waals surface area contributed by atoms with Crippen LogP contribution in [0.1, 0.15) is 12.5 Å². The van der Waals surface area contributed by atoms with Crippen LogP contribution in [0.4, 0.5) is 0 Å². The normalized spacial score (nSPS) is 11.9. The smallest absolute Gasteiger partial charge is 0.382 e. The number of esters is 1. The zero-order chi connectivity index (χ0) is 12.8. The van der Waals surface area contributed by atoms with Gasteiger partial charge in [-0.15, -0.1) is 0 Å². The van der Waals surface area contributed by atoms with Gasteiger partial charge in [-0.3, -0.25) is 10.1 Å². The molecule has 17 heavy (non-hydrogen) atoms. The standard InChI is InChI=1S/C11H12ClNO4/c1-2-17-11(14)10(13(15)16)7-8-4-3-5-9(12)6-8/h3-6,10H,2,7H2,1H3. The van der Waals surface area contributed by atoms with E-state index in [0.717, 1.165) is 0 Å². The summed E-state index contributed by atoms with van der Waals surface area (Å²) in [4.78, 5) is 21.5. The predicted octanol–water partition coefficient (Wildman–Crippen LogP) is 2.09. The van der Waals surface area contributed by atoms with Gasteiger partial charge < -0.3 is 4.74 Å². The molecular formula is C11H12ClNO4. The van der Waals surface area contributed by atoms with Gasteiger partial charge in [0.25, 0.3) is 0 Å². The largest absolute Gasteiger partial charge is 0.461 e. The van der Waals surface area contributed by atoms with E-state index in [1.807, 2.05) is 0 Å². The highest BCUT2D eigenvalue weighted by Gasteiger charge is 2.31. The van der Waals surface area contributed by atoms with Crippen molar-refractivity contribution in [3.05, 3.63) is 45.0 Å². The molecule has 0 aliphatic carbocycles. The third kappa shape index (κ3) is 4.03. The number of hydrogen-bond donors (Lipinski definition) is 0. The van der Waals surface area contributed by atoms with E-state index in [-0.39, 0.29) is 13.0 Å². The van der Waals surface area contributed by atoms with Crippen molar-refractivity contribution in [2.75, 3.05) is 6.61 Å². The Balaban J connectivity index is 2.80. The number of rotatable bonds is 5. The fraction of sp³-hybridized carbons (Fsp3) is 0.364. The number of benzene rings is 1. The zero-order valence-corrected chi connectivity index (χ0v) is 10.0. The molecule has 0 aliphatic heterocycles. The van der Waals surface area contributed by atoms with Gasteiger partial charge in [0.05, 0.1) is 13.0 Å². The summed E-state index contributed by atoms with van der Waals surface area (Å²) >= 11 is 5.76. The summed E-state index contributed by atoms with van der Waals surface area (Å²) in [5.74, 6) is -0.822. The minimum Gasteiger partial charge on any atom is -0.461 e. The summed E-state index contributed by atoms with van der Waals surface area (Å²) in [6, 6.07) is 5.24. The van der Waals surface area contributed by atoms with Crippen LogP contribution in [0.25, 0.3) is 0 Å². The minimum absolute atomic E-state index is 0.0214. The van der Waals surface area contributed by atoms with Crippen LogP contribution >= 0.6 is 11.6 Å². The van der Waals surface area contributed by atoms with E-state index in [2.05, 4.69) is 4.74 Å². The number of hydrogen-bond acceptors (Lipinski definition) is 4. The van der Waals surface area contributed by atoms with Crippen molar-refractivity contribution in [2.45, 2.75) is 19.4 Å². The maximum Gasteiger partial charge on any atom is 0.382 e. The molecular weight excluding hydrogens is 246 g/mol. The fourth-order valence-electron chi connectivity index (χ4n) is 1.37. The monoisotopic (exact) mass is 257 g/mol. The van der Waals surface area contributed by atoms with E-state index in [0.29, 0.717) is 10.6 Å². The Morgan fingerprint density at radius 1 is 1.59 bits per heavy atom. The first-order valence-electron chi connectivity index (χ1n) is 5.09. The van der Waals surface area contributed by atoms with Crippen LogP contribution in [-0.2, 0) is 16.0 Å². The van der Waals surface area contributed by atoms with E-state index in [9.17, 15) is 14.9 Å². The van der Waals surface area contributed by atoms with E-state index in [1.165, 1.54) is 0 Å². The van der Waals surface area contributed by atoms with E-state index in [4.69, 9.17) is 11.6 Å². The lowest BCUT2D eigenvalue weighted by atomic mass is 10.1. The third-order valence-corrected chi connectivity index (χ3v) is 2.37. The van der Waals surface area contributed by atoms with Crippen molar-refractivity contribution < 1.29 is 14.5 Å². The second kappa shape index (κ2) is 6.20. The van der Waals surface area contributed by atoms with E-state index < -0.39 is 16.9 Å². The van der Waals surface area contributed by atoms with Crippen LogP contribution in [0.15, 0.2) is 24.3 Å². The maximum absolute atomic E-state index is 11.4. The lowest BCUT2D eigenvalue weighted by molar-refractivity contribution is -0.510. The molecule has 6 heteroatoms. The van der Waals surface area contributed by atoms with Crippen LogP contribution in [0.3, 0.4) is 0 Å². The highest BCUT2D eigenvalue weighted by molar-refractivity contribution is 6.30. The molecule has 5 nitrogen and oxygen atoms in total. The number of ether oxygens (including phenoxy) is 1. The van der Waals surface area contributed by atoms with Crippen molar-refractivity contribution in [3.63, 3.8) is 0 Å². The Kier molecular flexibility index (Phi) is 4.90. The molecule has 0 saturated carbocycles. The maximum atomic E-state index is 11.4. The van der Waals surface area contributed by atoms with E-state index >= 15 is 0 Å². The van der Waals surface area contributed by atoms with Crippen LogP contribution in [0.5, 0.6) is 0 Å². The summed E-state index contributed by atoms with van der Waals surface area (Å²) in [6.07, 6.45) is -0.0214. The van der Waals surface area contributed by atoms with Crippen molar-refractivity contribution in [3.8, 4) is 0 Å². The molecule has 0 bridgehead atoms. The third-order valence-electron chi connectivity index (χ3n) is 2.13. The first-order chi connectivity index (χ1) is 8.04. The Bertz CT molecular complexity index is 422. The van der Waals surface area contributed by atoms with Crippen molar-refractivity contribution in [1.82, 2.24) is 0 Å². The van der Waals surface area contributed by atoms with E-state index in [1.54, 1.807) is 31.2 Å². The molecule has 92 valence electrons. The van der Waals surface area contributed by atoms with Crippen molar-refractivity contribution in [2.24, 2.45) is 0 Å². The average molecular weight is 258 g/mol. The van der Waals surface area contributed by atoms with Gasteiger partial charge in [0.15, 0.2) is 0 Å². The van der Waals surface area contributed by atoms with Gasteiger partial charge >= 0.3 is 12.0 Å². The van der Waals surface area contributed by atoms with Crippen LogP contribution in [-0.4, -0.2) is 23.5 Å². The Morgan fingerprint density at radius 2 is 2.29 bits per heavy atom. The average Bonchev–Trinajstić information content (AvgIpc) is 2.26. The molecule has 0 spiro atoms. The number of halogens is 1. The Hall–Kier alpha value is -1.62. The second-order valence-electron chi connectivity index (χ2n) is 3.39. The molecule has 1 rings (SSSR count). The molecule has 0 aromatic heterocycles. The van der Waals surface area contributed by atoms with Gasteiger partial charge in [-0.1, -0.05) is 23.7 Å². The highest BCUT2D eigenvalue weighted by atomic mass is 35.5. The Labute approximate surface area is 103 Å². The molecule has 1 unspecified atom stereocenters. The quantitative estimate of drug-likeness (QED) is 0.460. The van der Waals surface area contributed by atoms with Gasteiger partial charge in [0, 0.05) is 9.95 Å². The van der Waals surface area contributed by atoms with Gasteiger partial charge in [-0.05, 0) is 24.6 Å². The molecule has 0 fully saturated rings. The van der Waals surface area contributed by atoms with Crippen LogP contribution in [0.2, 0.25) is 5.02 Å². The van der Waals surface area contributed by atoms with Gasteiger partial charge in [-0.2, -0.15) is 0 Å². The second-order valence-corrected chi connectivity index (χ2v) is 3.82. The summed E-state index contributed by atoms with van der Waals surface area (Å²) < 4.78 is 4.65. The molecule has 1 aromatic rings. The molecule has 0 N–H and O–H groups in total. The molecule has 0 radical (unpaired) electrons. The van der Waals surface area contributed by atoms with Crippen molar-refractivity contribution in [1.29, 1.82) is 0 Å². The summed E-state index contributed by atoms with van der Waals surface area (Å²) in [5.41, 5.74) is 0.632. The van der Waals surface area contributed by atoms with Gasteiger partial charge in [-0.25, -0.2) is 4.79 Å². The van der Waals surface area contributed by atoms with Crippen molar-refractivity contribution >= 4 is 17.6 Å². The number of carbonyl (C=O) groups excluding carboxylic acids is 1. The molecule has 1 atom stereocenters. The van der Waals surface area contributed by atoms with Gasteiger partial charge in [0.2, 0.25) is 0 Å². The molecule has 0 amide bonds. The number of nitro groups is 1. The molecule has 0 saturated heterocycles. The first kappa shape index (κ1) is 13.4. The molecule has 0 aliphatic rings. The summed E-state index contributed by atoms with van der Waals surface area (Å²) in [7, 11) is 0. The molecule has 1 aromatic carbocycles. The number of nitrogens with zero attached hydrogens (tertiary/aromatic N) is 1. The van der Waals surface area contributed by atoms with Crippen LogP contribution in [0, 0.1) is 10.1 Å². The minimum atomic E-state index is -1.38. The lowest BCUT2D eigenvalue weighted by Crippen LogP contribution is -2.33. The topological polar surface area (TPSA) is 69.4 Å². The zero-order valence-electron chi connectivity index (χ0n) is 9.26. The van der Waals surface area contributed by atoms with Gasteiger partial charge in [0.1, 0.15) is 0 Å².